The van der Waals surface area contributed by atoms with Crippen LogP contribution >= 0.6 is 22.6 Å². The van der Waals surface area contributed by atoms with Gasteiger partial charge in [0.1, 0.15) is 0 Å². The zero-order valence-electron chi connectivity index (χ0n) is 7.81. The zero-order valence-corrected chi connectivity index (χ0v) is 9.97. The summed E-state index contributed by atoms with van der Waals surface area (Å²) in [5.41, 5.74) is 10.4. The maximum Gasteiger partial charge on any atom is 0.0268 e. The van der Waals surface area contributed by atoms with Gasteiger partial charge in [0.05, 0.1) is 0 Å². The average molecular weight is 287 g/mol. The van der Waals surface area contributed by atoms with Gasteiger partial charge in [-0.2, -0.15) is 0 Å². The summed E-state index contributed by atoms with van der Waals surface area (Å²) in [5, 5.41) is 0. The van der Waals surface area contributed by atoms with Crippen molar-refractivity contribution in [3.05, 3.63) is 32.4 Å². The fraction of sp³-hybridized carbons (Fsp3) is 0.455. The van der Waals surface area contributed by atoms with Crippen LogP contribution in [0.25, 0.3) is 0 Å². The Morgan fingerprint density at radius 2 is 2.00 bits per heavy atom. The van der Waals surface area contributed by atoms with Gasteiger partial charge in [-0.25, -0.2) is 0 Å². The van der Waals surface area contributed by atoms with Crippen LogP contribution < -0.4 is 5.73 Å². The molecule has 0 bridgehead atoms. The smallest absolute Gasteiger partial charge is 0.0268 e. The molecule has 0 saturated heterocycles. The number of hydrogen-bond acceptors (Lipinski definition) is 1. The van der Waals surface area contributed by atoms with Crippen molar-refractivity contribution >= 4 is 22.6 Å². The third kappa shape index (κ3) is 1.62. The van der Waals surface area contributed by atoms with Crippen LogP contribution in [0, 0.1) is 3.57 Å². The van der Waals surface area contributed by atoms with Gasteiger partial charge in [-0.1, -0.05) is 6.07 Å². The van der Waals surface area contributed by atoms with E-state index in [1.165, 1.54) is 34.0 Å². The van der Waals surface area contributed by atoms with Crippen molar-refractivity contribution in [2.75, 3.05) is 0 Å². The Labute approximate surface area is 92.9 Å². The Morgan fingerprint density at radius 1 is 1.31 bits per heavy atom. The second-order valence-corrected chi connectivity index (χ2v) is 4.90. The fourth-order valence-corrected chi connectivity index (χ4v) is 2.89. The summed E-state index contributed by atoms with van der Waals surface area (Å²) in [7, 11) is 0. The monoisotopic (exact) mass is 287 g/mol. The molecule has 1 atom stereocenters. The van der Waals surface area contributed by atoms with E-state index in [0.29, 0.717) is 0 Å². The van der Waals surface area contributed by atoms with E-state index in [2.05, 4.69) is 41.6 Å². The highest BCUT2D eigenvalue weighted by atomic mass is 127. The molecule has 1 aliphatic rings. The molecule has 0 heterocycles. The summed E-state index contributed by atoms with van der Waals surface area (Å²) in [4.78, 5) is 0. The summed E-state index contributed by atoms with van der Waals surface area (Å²) in [6.45, 7) is 2.07. The number of halogens is 1. The molecule has 2 rings (SSSR count). The van der Waals surface area contributed by atoms with Gasteiger partial charge in [-0.05, 0) is 71.5 Å². The highest BCUT2D eigenvalue weighted by Crippen LogP contribution is 2.31. The van der Waals surface area contributed by atoms with Crippen molar-refractivity contribution in [3.63, 3.8) is 0 Å². The zero-order chi connectivity index (χ0) is 9.42. The second kappa shape index (κ2) is 3.58. The van der Waals surface area contributed by atoms with Gasteiger partial charge in [0, 0.05) is 9.61 Å². The Bertz CT molecular complexity index is 331. The average Bonchev–Trinajstić information content (AvgIpc) is 2.53. The molecule has 0 radical (unpaired) electrons. The molecule has 0 spiro atoms. The molecule has 2 N–H and O–H groups in total. The largest absolute Gasteiger partial charge is 0.324 e. The Balaban J connectivity index is 2.56. The summed E-state index contributed by atoms with van der Waals surface area (Å²) in [5.74, 6) is 0. The van der Waals surface area contributed by atoms with Crippen molar-refractivity contribution < 1.29 is 0 Å². The molecule has 0 fully saturated rings. The lowest BCUT2D eigenvalue weighted by molar-refractivity contribution is 0.799. The minimum atomic E-state index is 0.184. The Hall–Kier alpha value is -0.0900. The van der Waals surface area contributed by atoms with Gasteiger partial charge >= 0.3 is 0 Å². The SMILES string of the molecule is CC(N)c1ccc(I)c2c1CCC2. The number of hydrogen-bond donors (Lipinski definition) is 1. The first-order valence-electron chi connectivity index (χ1n) is 4.76. The molecule has 13 heavy (non-hydrogen) atoms. The molecule has 0 saturated carbocycles. The Morgan fingerprint density at radius 3 is 2.69 bits per heavy atom. The number of rotatable bonds is 1. The van der Waals surface area contributed by atoms with Gasteiger partial charge in [-0.15, -0.1) is 0 Å². The van der Waals surface area contributed by atoms with Crippen LogP contribution in [0.4, 0.5) is 0 Å². The van der Waals surface area contributed by atoms with Crippen LogP contribution in [0.5, 0.6) is 0 Å². The van der Waals surface area contributed by atoms with Crippen LogP contribution in [0.2, 0.25) is 0 Å². The standard InChI is InChI=1S/C11H14IN/c1-7(13)8-5-6-11(12)10-4-2-3-9(8)10/h5-7H,2-4,13H2,1H3. The molecule has 0 aromatic heterocycles. The second-order valence-electron chi connectivity index (χ2n) is 3.74. The lowest BCUT2D eigenvalue weighted by Gasteiger charge is -2.12. The maximum atomic E-state index is 5.93. The molecular formula is C11H14IN. The first-order valence-corrected chi connectivity index (χ1v) is 5.83. The molecule has 1 aromatic rings. The normalized spacial score (nSPS) is 17.2. The number of benzene rings is 1. The van der Waals surface area contributed by atoms with Crippen LogP contribution in [0.3, 0.4) is 0 Å². The van der Waals surface area contributed by atoms with E-state index in [4.69, 9.17) is 5.73 Å². The predicted molar refractivity (Wildman–Crippen MR) is 63.8 cm³/mol. The van der Waals surface area contributed by atoms with Crippen molar-refractivity contribution in [1.29, 1.82) is 0 Å². The summed E-state index contributed by atoms with van der Waals surface area (Å²) < 4.78 is 1.41. The van der Waals surface area contributed by atoms with Gasteiger partial charge < -0.3 is 5.73 Å². The first kappa shape index (κ1) is 9.46. The van der Waals surface area contributed by atoms with Crippen molar-refractivity contribution in [2.24, 2.45) is 5.73 Å². The van der Waals surface area contributed by atoms with Crippen molar-refractivity contribution in [3.8, 4) is 0 Å². The van der Waals surface area contributed by atoms with Gasteiger partial charge in [-0.3, -0.25) is 0 Å². The topological polar surface area (TPSA) is 26.0 Å². The maximum absolute atomic E-state index is 5.93. The minimum absolute atomic E-state index is 0.184. The predicted octanol–water partition coefficient (Wildman–Crippen LogP) is 2.80. The van der Waals surface area contributed by atoms with E-state index in [-0.39, 0.29) is 6.04 Å². The van der Waals surface area contributed by atoms with Gasteiger partial charge in [0.15, 0.2) is 0 Å². The van der Waals surface area contributed by atoms with E-state index in [0.717, 1.165) is 0 Å². The number of nitrogens with two attached hydrogens (primary N) is 1. The van der Waals surface area contributed by atoms with Crippen molar-refractivity contribution in [1.82, 2.24) is 0 Å². The molecule has 0 aliphatic heterocycles. The molecule has 1 nitrogen and oxygen atoms in total. The molecule has 1 unspecified atom stereocenters. The van der Waals surface area contributed by atoms with E-state index < -0.39 is 0 Å². The van der Waals surface area contributed by atoms with Crippen LogP contribution in [0.1, 0.15) is 36.1 Å². The highest BCUT2D eigenvalue weighted by molar-refractivity contribution is 14.1. The molecule has 2 heteroatoms. The van der Waals surface area contributed by atoms with Crippen LogP contribution in [-0.4, -0.2) is 0 Å². The third-order valence-electron chi connectivity index (χ3n) is 2.75. The highest BCUT2D eigenvalue weighted by Gasteiger charge is 2.18. The molecule has 1 aliphatic carbocycles. The van der Waals surface area contributed by atoms with E-state index in [1.54, 1.807) is 5.56 Å². The first-order chi connectivity index (χ1) is 6.20. The van der Waals surface area contributed by atoms with Crippen LogP contribution in [0.15, 0.2) is 12.1 Å². The minimum Gasteiger partial charge on any atom is -0.324 e. The molecule has 70 valence electrons. The van der Waals surface area contributed by atoms with E-state index in [9.17, 15) is 0 Å². The lowest BCUT2D eigenvalue weighted by Crippen LogP contribution is -2.08. The summed E-state index contributed by atoms with van der Waals surface area (Å²) in [6.07, 6.45) is 3.77. The Kier molecular flexibility index (Phi) is 2.60. The quantitative estimate of drug-likeness (QED) is 0.790. The fourth-order valence-electron chi connectivity index (χ4n) is 2.12. The van der Waals surface area contributed by atoms with Crippen LogP contribution in [-0.2, 0) is 12.8 Å². The summed E-state index contributed by atoms with van der Waals surface area (Å²) in [6, 6.07) is 4.57. The molecule has 1 aromatic carbocycles. The summed E-state index contributed by atoms with van der Waals surface area (Å²) >= 11 is 2.43. The van der Waals surface area contributed by atoms with Crippen molar-refractivity contribution in [2.45, 2.75) is 32.2 Å². The third-order valence-corrected chi connectivity index (χ3v) is 3.77. The van der Waals surface area contributed by atoms with E-state index in [1.807, 2.05) is 0 Å². The number of fused-ring (bicyclic) bond motifs is 1. The lowest BCUT2D eigenvalue weighted by atomic mass is 9.99. The molecule has 0 amide bonds. The molecular weight excluding hydrogens is 273 g/mol. The van der Waals surface area contributed by atoms with Gasteiger partial charge in [0.25, 0.3) is 0 Å². The van der Waals surface area contributed by atoms with Gasteiger partial charge in [0.2, 0.25) is 0 Å². The van der Waals surface area contributed by atoms with E-state index >= 15 is 0 Å².